The maximum absolute atomic E-state index is 9.71. The molecule has 8 bridgehead atoms. The number of rotatable bonds is 7. The van der Waals surface area contributed by atoms with Gasteiger partial charge in [-0.3, -0.25) is 0 Å². The number of hydrogen-bond donors (Lipinski definition) is 0. The number of hydrogen-bond acceptors (Lipinski definition) is 4. The zero-order valence-corrected chi connectivity index (χ0v) is 35.4. The zero-order chi connectivity index (χ0) is 41.0. The number of nitrogens with zero attached hydrogens (tertiary/aromatic N) is 4. The summed E-state index contributed by atoms with van der Waals surface area (Å²) in [4.78, 5) is 15.6. The summed E-state index contributed by atoms with van der Waals surface area (Å²) in [5, 5.41) is 11.9. The van der Waals surface area contributed by atoms with Crippen molar-refractivity contribution in [2.24, 2.45) is 35.5 Å². The van der Waals surface area contributed by atoms with Crippen LogP contribution in [0.15, 0.2) is 133 Å². The van der Waals surface area contributed by atoms with Gasteiger partial charge in [-0.2, -0.15) is 5.26 Å². The second-order valence-electron chi connectivity index (χ2n) is 20.9. The Bertz CT molecular complexity index is 2850. The zero-order valence-electron chi connectivity index (χ0n) is 35.4. The predicted octanol–water partition coefficient (Wildman–Crippen LogP) is 14.2. The third-order valence-electron chi connectivity index (χ3n) is 16.9. The summed E-state index contributed by atoms with van der Waals surface area (Å²) in [5.74, 6) is 7.58. The lowest BCUT2D eigenvalue weighted by atomic mass is 9.48. The standard InChI is InChI=1S/C58H52N4/c59-35-36-7-8-45-3-2-6-52(53(45)27-36)48-4-1-5-49(28-48)56-61-54(60-55(62-56)47-15-19-51(20-16-47)58-32-40-24-41(33-58)26-42(25-40)34-58)46-11-9-43(10-12-46)44-13-17-50(18-14-44)57-29-37-21-38(30-57)23-39(22-37)31-57/h1-20,27-28,37-42H,21-26,29-34H2/t37-,38+,39-,40-,41+,42?,57?,58?. The molecular formula is C58H52N4. The van der Waals surface area contributed by atoms with E-state index < -0.39 is 0 Å². The first-order valence-corrected chi connectivity index (χ1v) is 23.6. The minimum absolute atomic E-state index is 0.343. The average molecular weight is 805 g/mol. The largest absolute Gasteiger partial charge is 0.208 e. The van der Waals surface area contributed by atoms with Gasteiger partial charge in [0.2, 0.25) is 0 Å². The summed E-state index contributed by atoms with van der Waals surface area (Å²) in [7, 11) is 0. The Morgan fingerprint density at radius 1 is 0.403 bits per heavy atom. The highest BCUT2D eigenvalue weighted by Gasteiger charge is 2.52. The van der Waals surface area contributed by atoms with Crippen LogP contribution in [0.3, 0.4) is 0 Å². The van der Waals surface area contributed by atoms with E-state index in [0.29, 0.717) is 33.9 Å². The summed E-state index contributed by atoms with van der Waals surface area (Å²) in [6.07, 6.45) is 17.0. The highest BCUT2D eigenvalue weighted by molar-refractivity contribution is 5.98. The molecule has 0 saturated heterocycles. The van der Waals surface area contributed by atoms with Crippen LogP contribution in [0.4, 0.5) is 0 Å². The van der Waals surface area contributed by atoms with E-state index in [1.54, 1.807) is 5.56 Å². The molecule has 7 aromatic rings. The van der Waals surface area contributed by atoms with Gasteiger partial charge >= 0.3 is 0 Å². The van der Waals surface area contributed by atoms with Crippen molar-refractivity contribution in [3.05, 3.63) is 150 Å². The summed E-state index contributed by atoms with van der Waals surface area (Å²) < 4.78 is 0. The highest BCUT2D eigenvalue weighted by atomic mass is 15.0. The van der Waals surface area contributed by atoms with Gasteiger partial charge in [-0.25, -0.2) is 15.0 Å². The summed E-state index contributed by atoms with van der Waals surface area (Å²) >= 11 is 0. The van der Waals surface area contributed by atoms with Crippen LogP contribution in [0.2, 0.25) is 0 Å². The first-order valence-electron chi connectivity index (χ1n) is 23.6. The fourth-order valence-electron chi connectivity index (χ4n) is 14.9. The highest BCUT2D eigenvalue weighted by Crippen LogP contribution is 2.62. The van der Waals surface area contributed by atoms with Gasteiger partial charge < -0.3 is 0 Å². The van der Waals surface area contributed by atoms with E-state index in [-0.39, 0.29) is 0 Å². The third kappa shape index (κ3) is 6.18. The van der Waals surface area contributed by atoms with Crippen LogP contribution in [0.1, 0.15) is 93.7 Å². The Labute approximate surface area is 365 Å². The van der Waals surface area contributed by atoms with Gasteiger partial charge in [-0.05, 0) is 186 Å². The van der Waals surface area contributed by atoms with E-state index in [1.807, 2.05) is 18.2 Å². The topological polar surface area (TPSA) is 62.5 Å². The summed E-state index contributed by atoms with van der Waals surface area (Å²) in [5.41, 5.74) is 12.0. The van der Waals surface area contributed by atoms with Crippen LogP contribution in [0.5, 0.6) is 0 Å². The lowest BCUT2D eigenvalue weighted by Crippen LogP contribution is -2.48. The molecule has 0 unspecified atom stereocenters. The smallest absolute Gasteiger partial charge is 0.164 e. The van der Waals surface area contributed by atoms with Gasteiger partial charge in [0.15, 0.2) is 17.5 Å². The summed E-state index contributed by atoms with van der Waals surface area (Å²) in [6.45, 7) is 0. The molecule has 6 aromatic carbocycles. The lowest BCUT2D eigenvalue weighted by molar-refractivity contribution is -0.00530. The SMILES string of the molecule is N#Cc1ccc2cccc(-c3cccc(-c4nc(-c5ccc(-c6ccc(C78C[C@H]9C[C@@H](C7)C[C@@H](C8)C9)cc6)cc5)nc(-c5ccc(C67CC8C[C@H](C6)C[C@@H](C8)C7)cc5)n4)c3)c2c1. The molecule has 4 heteroatoms. The number of benzene rings is 6. The molecule has 8 fully saturated rings. The Morgan fingerprint density at radius 3 is 1.32 bits per heavy atom. The Hall–Kier alpha value is -5.92. The van der Waals surface area contributed by atoms with E-state index in [9.17, 15) is 5.26 Å². The first kappa shape index (κ1) is 36.7. The van der Waals surface area contributed by atoms with E-state index in [0.717, 1.165) is 74.1 Å². The quantitative estimate of drug-likeness (QED) is 0.161. The first-order chi connectivity index (χ1) is 30.4. The van der Waals surface area contributed by atoms with Crippen molar-refractivity contribution < 1.29 is 0 Å². The van der Waals surface area contributed by atoms with Crippen LogP contribution in [0, 0.1) is 46.8 Å². The van der Waals surface area contributed by atoms with Crippen molar-refractivity contribution in [1.82, 2.24) is 15.0 Å². The molecule has 15 rings (SSSR count). The molecule has 0 N–H and O–H groups in total. The molecule has 8 saturated carbocycles. The number of aromatic nitrogens is 3. The van der Waals surface area contributed by atoms with Crippen LogP contribution < -0.4 is 0 Å². The van der Waals surface area contributed by atoms with Crippen molar-refractivity contribution in [3.8, 4) is 62.5 Å². The molecule has 8 aliphatic carbocycles. The Morgan fingerprint density at radius 2 is 0.823 bits per heavy atom. The van der Waals surface area contributed by atoms with Crippen molar-refractivity contribution in [2.75, 3.05) is 0 Å². The minimum Gasteiger partial charge on any atom is -0.208 e. The second kappa shape index (κ2) is 14.0. The molecule has 0 atom stereocenters. The third-order valence-corrected chi connectivity index (χ3v) is 16.9. The number of nitriles is 1. The normalized spacial score (nSPS) is 29.0. The second-order valence-corrected chi connectivity index (χ2v) is 20.9. The van der Waals surface area contributed by atoms with E-state index in [4.69, 9.17) is 15.0 Å². The van der Waals surface area contributed by atoms with Crippen LogP contribution in [-0.4, -0.2) is 15.0 Å². The van der Waals surface area contributed by atoms with Crippen molar-refractivity contribution >= 4 is 10.8 Å². The van der Waals surface area contributed by atoms with Gasteiger partial charge in [0, 0.05) is 16.7 Å². The van der Waals surface area contributed by atoms with Gasteiger partial charge in [0.05, 0.1) is 11.6 Å². The average Bonchev–Trinajstić information content (AvgIpc) is 3.30. The van der Waals surface area contributed by atoms with Gasteiger partial charge in [-0.15, -0.1) is 0 Å². The van der Waals surface area contributed by atoms with E-state index in [2.05, 4.69) is 121 Å². The Balaban J connectivity index is 0.855. The molecule has 4 nitrogen and oxygen atoms in total. The Kier molecular flexibility index (Phi) is 8.32. The molecule has 1 heterocycles. The van der Waals surface area contributed by atoms with Crippen LogP contribution >= 0.6 is 0 Å². The minimum atomic E-state index is 0.343. The molecule has 304 valence electrons. The molecule has 0 radical (unpaired) electrons. The number of fused-ring (bicyclic) bond motifs is 1. The predicted molar refractivity (Wildman–Crippen MR) is 249 cm³/mol. The monoisotopic (exact) mass is 804 g/mol. The fourth-order valence-corrected chi connectivity index (χ4v) is 14.9. The van der Waals surface area contributed by atoms with Crippen molar-refractivity contribution in [3.63, 3.8) is 0 Å². The maximum Gasteiger partial charge on any atom is 0.164 e. The van der Waals surface area contributed by atoms with Gasteiger partial charge in [-0.1, -0.05) is 115 Å². The van der Waals surface area contributed by atoms with E-state index >= 15 is 0 Å². The van der Waals surface area contributed by atoms with E-state index in [1.165, 1.54) is 93.7 Å². The van der Waals surface area contributed by atoms with Gasteiger partial charge in [0.1, 0.15) is 0 Å². The summed E-state index contributed by atoms with van der Waals surface area (Å²) in [6, 6.07) is 50.8. The molecule has 0 spiro atoms. The molecule has 0 amide bonds. The molecule has 1 aromatic heterocycles. The maximum atomic E-state index is 9.71. The van der Waals surface area contributed by atoms with Crippen LogP contribution in [0.25, 0.3) is 67.2 Å². The molecule has 8 aliphatic rings. The lowest BCUT2D eigenvalue weighted by Gasteiger charge is -2.57. The molecular weight excluding hydrogens is 753 g/mol. The fraction of sp³-hybridized carbons (Fsp3) is 0.345. The van der Waals surface area contributed by atoms with Gasteiger partial charge in [0.25, 0.3) is 0 Å². The molecule has 62 heavy (non-hydrogen) atoms. The molecule has 0 aliphatic heterocycles. The van der Waals surface area contributed by atoms with Crippen LogP contribution in [-0.2, 0) is 10.8 Å². The van der Waals surface area contributed by atoms with Crippen molar-refractivity contribution in [2.45, 2.75) is 87.9 Å². The van der Waals surface area contributed by atoms with Crippen molar-refractivity contribution in [1.29, 1.82) is 5.26 Å².